The average Bonchev–Trinajstić information content (AvgIpc) is 3.05. The first-order chi connectivity index (χ1) is 12.7. The van der Waals surface area contributed by atoms with Crippen molar-refractivity contribution in [3.05, 3.63) is 59.5 Å². The molecular weight excluding hydrogens is 344 g/mol. The molecule has 1 aliphatic rings. The van der Waals surface area contributed by atoms with Crippen LogP contribution in [0.25, 0.3) is 11.3 Å². The molecule has 0 spiro atoms. The molecule has 3 aromatic rings. The van der Waals surface area contributed by atoms with Crippen LogP contribution in [0.1, 0.15) is 23.7 Å². The van der Waals surface area contributed by atoms with E-state index in [1.165, 1.54) is 0 Å². The van der Waals surface area contributed by atoms with Gasteiger partial charge < -0.3 is 5.73 Å². The van der Waals surface area contributed by atoms with Gasteiger partial charge in [-0.1, -0.05) is 49.0 Å². The van der Waals surface area contributed by atoms with Crippen molar-refractivity contribution in [3.63, 3.8) is 0 Å². The minimum Gasteiger partial charge on any atom is -0.368 e. The summed E-state index contributed by atoms with van der Waals surface area (Å²) in [4.78, 5) is 20.1. The fourth-order valence-electron chi connectivity index (χ4n) is 3.17. The van der Waals surface area contributed by atoms with Crippen molar-refractivity contribution in [2.75, 3.05) is 11.5 Å². The highest BCUT2D eigenvalue weighted by Crippen LogP contribution is 2.31. The quantitative estimate of drug-likeness (QED) is 0.550. The monoisotopic (exact) mass is 364 g/mol. The van der Waals surface area contributed by atoms with Gasteiger partial charge in [0, 0.05) is 48.7 Å². The summed E-state index contributed by atoms with van der Waals surface area (Å²) in [6.45, 7) is 4.43. The van der Waals surface area contributed by atoms with Crippen LogP contribution in [0.2, 0.25) is 0 Å². The van der Waals surface area contributed by atoms with E-state index in [1.807, 2.05) is 30.6 Å². The minimum absolute atomic E-state index is 0.328. The molecule has 6 nitrogen and oxygen atoms in total. The Kier molecular flexibility index (Phi) is 4.81. The van der Waals surface area contributed by atoms with Crippen molar-refractivity contribution in [2.24, 2.45) is 0 Å². The van der Waals surface area contributed by atoms with Gasteiger partial charge in [-0.05, 0) is 5.75 Å². The lowest BCUT2D eigenvalue weighted by atomic mass is 10.1. The number of anilines is 1. The first kappa shape index (κ1) is 16.9. The van der Waals surface area contributed by atoms with Crippen molar-refractivity contribution in [1.82, 2.24) is 24.8 Å². The Morgan fingerprint density at radius 2 is 1.85 bits per heavy atom. The molecule has 0 unspecified atom stereocenters. The van der Waals surface area contributed by atoms with Crippen LogP contribution in [0.5, 0.6) is 0 Å². The van der Waals surface area contributed by atoms with Gasteiger partial charge in [-0.3, -0.25) is 4.90 Å². The van der Waals surface area contributed by atoms with Crippen LogP contribution < -0.4 is 5.73 Å². The van der Waals surface area contributed by atoms with E-state index in [9.17, 15) is 0 Å². The third-order valence-corrected chi connectivity index (χ3v) is 5.03. The first-order valence-electron chi connectivity index (χ1n) is 8.59. The van der Waals surface area contributed by atoms with Gasteiger partial charge in [0.25, 0.3) is 0 Å². The number of nitrogens with two attached hydrogens (primary N) is 1. The van der Waals surface area contributed by atoms with Gasteiger partial charge in [-0.2, -0.15) is 0 Å². The standard InChI is InChI=1S/C19H20N6S/c1-2-26-19-21-8-13(9-22-19)10-25-11-15-16(12-25)23-18(20)24-17(15)14-6-4-3-5-7-14/h3-9H,2,10-12H2,1H3,(H2,20,23,24). The van der Waals surface area contributed by atoms with Crippen molar-refractivity contribution in [1.29, 1.82) is 0 Å². The summed E-state index contributed by atoms with van der Waals surface area (Å²) in [6, 6.07) is 10.1. The summed E-state index contributed by atoms with van der Waals surface area (Å²) in [5.74, 6) is 1.30. The Bertz CT molecular complexity index is 898. The van der Waals surface area contributed by atoms with Crippen LogP contribution in [0.4, 0.5) is 5.95 Å². The molecule has 0 saturated carbocycles. The molecule has 1 aliphatic heterocycles. The van der Waals surface area contributed by atoms with Gasteiger partial charge in [0.2, 0.25) is 5.95 Å². The Balaban J connectivity index is 1.55. The molecule has 0 saturated heterocycles. The van der Waals surface area contributed by atoms with Crippen LogP contribution >= 0.6 is 11.8 Å². The minimum atomic E-state index is 0.328. The Morgan fingerprint density at radius 3 is 2.58 bits per heavy atom. The summed E-state index contributed by atoms with van der Waals surface area (Å²) in [6.07, 6.45) is 3.82. The maximum atomic E-state index is 5.95. The molecule has 0 aliphatic carbocycles. The highest BCUT2D eigenvalue weighted by Gasteiger charge is 2.25. The Hall–Kier alpha value is -2.51. The van der Waals surface area contributed by atoms with Crippen molar-refractivity contribution in [3.8, 4) is 11.3 Å². The van der Waals surface area contributed by atoms with Gasteiger partial charge in [-0.25, -0.2) is 19.9 Å². The van der Waals surface area contributed by atoms with Crippen molar-refractivity contribution < 1.29 is 0 Å². The second kappa shape index (κ2) is 7.39. The number of hydrogen-bond acceptors (Lipinski definition) is 7. The molecule has 1 aromatic carbocycles. The molecular formula is C19H20N6S. The van der Waals surface area contributed by atoms with E-state index in [2.05, 4.69) is 43.9 Å². The third-order valence-electron chi connectivity index (χ3n) is 4.27. The number of rotatable bonds is 5. The smallest absolute Gasteiger partial charge is 0.220 e. The zero-order chi connectivity index (χ0) is 17.9. The van der Waals surface area contributed by atoms with E-state index >= 15 is 0 Å². The maximum absolute atomic E-state index is 5.95. The Labute approximate surface area is 156 Å². The predicted molar refractivity (Wildman–Crippen MR) is 103 cm³/mol. The molecule has 7 heteroatoms. The number of benzene rings is 1. The van der Waals surface area contributed by atoms with Crippen LogP contribution in [0.3, 0.4) is 0 Å². The van der Waals surface area contributed by atoms with Crippen molar-refractivity contribution in [2.45, 2.75) is 31.7 Å². The topological polar surface area (TPSA) is 80.8 Å². The molecule has 0 amide bonds. The Morgan fingerprint density at radius 1 is 1.08 bits per heavy atom. The SMILES string of the molecule is CCSc1ncc(CN2Cc3nc(N)nc(-c4ccccc4)c3C2)cn1. The van der Waals surface area contributed by atoms with Crippen molar-refractivity contribution >= 4 is 17.7 Å². The van der Waals surface area contributed by atoms with E-state index in [0.29, 0.717) is 5.95 Å². The molecule has 0 radical (unpaired) electrons. The van der Waals surface area contributed by atoms with Gasteiger partial charge >= 0.3 is 0 Å². The predicted octanol–water partition coefficient (Wildman–Crippen LogP) is 3.14. The number of thioether (sulfide) groups is 1. The van der Waals surface area contributed by atoms with Gasteiger partial charge in [0.05, 0.1) is 11.4 Å². The fourth-order valence-corrected chi connectivity index (χ4v) is 3.68. The third kappa shape index (κ3) is 3.54. The molecule has 26 heavy (non-hydrogen) atoms. The molecule has 0 fully saturated rings. The molecule has 2 N–H and O–H groups in total. The second-order valence-corrected chi connectivity index (χ2v) is 7.40. The zero-order valence-electron chi connectivity index (χ0n) is 14.6. The van der Waals surface area contributed by atoms with Crippen LogP contribution in [-0.4, -0.2) is 30.6 Å². The van der Waals surface area contributed by atoms with E-state index in [1.54, 1.807) is 11.8 Å². The van der Waals surface area contributed by atoms with Gasteiger partial charge in [0.1, 0.15) is 0 Å². The molecule has 2 aromatic heterocycles. The fraction of sp³-hybridized carbons (Fsp3) is 0.263. The van der Waals surface area contributed by atoms with E-state index in [-0.39, 0.29) is 0 Å². The highest BCUT2D eigenvalue weighted by molar-refractivity contribution is 7.99. The second-order valence-electron chi connectivity index (χ2n) is 6.17. The summed E-state index contributed by atoms with van der Waals surface area (Å²) in [5.41, 5.74) is 11.2. The normalized spacial score (nSPS) is 13.7. The molecule has 0 bridgehead atoms. The van der Waals surface area contributed by atoms with Crippen LogP contribution in [0, 0.1) is 0 Å². The number of nitrogen functional groups attached to an aromatic ring is 1. The van der Waals surface area contributed by atoms with Crippen LogP contribution in [0.15, 0.2) is 47.9 Å². The lowest BCUT2D eigenvalue weighted by Gasteiger charge is -2.14. The van der Waals surface area contributed by atoms with E-state index in [0.717, 1.165) is 58.6 Å². The zero-order valence-corrected chi connectivity index (χ0v) is 15.4. The summed E-state index contributed by atoms with van der Waals surface area (Å²) in [5, 5.41) is 0.825. The molecule has 0 atom stereocenters. The number of fused-ring (bicyclic) bond motifs is 1. The van der Waals surface area contributed by atoms with Gasteiger partial charge in [0.15, 0.2) is 5.16 Å². The molecule has 132 valence electrons. The number of nitrogens with zero attached hydrogens (tertiary/aromatic N) is 5. The summed E-state index contributed by atoms with van der Waals surface area (Å²) >= 11 is 1.65. The van der Waals surface area contributed by atoms with E-state index in [4.69, 9.17) is 5.73 Å². The highest BCUT2D eigenvalue weighted by atomic mass is 32.2. The lowest BCUT2D eigenvalue weighted by Crippen LogP contribution is -2.16. The van der Waals surface area contributed by atoms with E-state index < -0.39 is 0 Å². The average molecular weight is 364 g/mol. The van der Waals surface area contributed by atoms with Gasteiger partial charge in [-0.15, -0.1) is 0 Å². The first-order valence-corrected chi connectivity index (χ1v) is 9.58. The molecule has 4 rings (SSSR count). The summed E-state index contributed by atoms with van der Waals surface area (Å²) < 4.78 is 0. The lowest BCUT2D eigenvalue weighted by molar-refractivity contribution is 0.273. The maximum Gasteiger partial charge on any atom is 0.220 e. The number of hydrogen-bond donors (Lipinski definition) is 1. The molecule has 3 heterocycles. The summed E-state index contributed by atoms with van der Waals surface area (Å²) in [7, 11) is 0. The largest absolute Gasteiger partial charge is 0.368 e. The number of aromatic nitrogens is 4. The van der Waals surface area contributed by atoms with Crippen LogP contribution in [-0.2, 0) is 19.6 Å².